The van der Waals surface area contributed by atoms with Crippen LogP contribution in [0, 0.1) is 0 Å². The average Bonchev–Trinajstić information content (AvgIpc) is 2.93. The van der Waals surface area contributed by atoms with E-state index in [-0.39, 0.29) is 5.41 Å². The van der Waals surface area contributed by atoms with E-state index in [9.17, 15) is 0 Å². The minimum Gasteiger partial charge on any atom is -0.334 e. The van der Waals surface area contributed by atoms with E-state index >= 15 is 0 Å². The van der Waals surface area contributed by atoms with Gasteiger partial charge in [-0.1, -0.05) is 26.8 Å². The van der Waals surface area contributed by atoms with Crippen molar-refractivity contribution in [3.63, 3.8) is 0 Å². The Balaban J connectivity index is 2.23. The molecule has 0 N–H and O–H groups in total. The zero-order chi connectivity index (χ0) is 14.5. The number of hydrogen-bond acceptors (Lipinski definition) is 2. The molecule has 2 heterocycles. The van der Waals surface area contributed by atoms with E-state index in [4.69, 9.17) is 0 Å². The number of benzene rings is 1. The molecule has 1 aromatic carbocycles. The Labute approximate surface area is 119 Å². The van der Waals surface area contributed by atoms with Gasteiger partial charge in [-0.3, -0.25) is 4.68 Å². The van der Waals surface area contributed by atoms with E-state index in [0.717, 1.165) is 11.0 Å². The Kier molecular flexibility index (Phi) is 2.71. The minimum atomic E-state index is 0.0575. The van der Waals surface area contributed by atoms with Gasteiger partial charge in [-0.2, -0.15) is 5.10 Å². The number of hydrogen-bond donors (Lipinski definition) is 0. The van der Waals surface area contributed by atoms with Gasteiger partial charge in [0.1, 0.15) is 0 Å². The van der Waals surface area contributed by atoms with Crippen LogP contribution in [0.2, 0.25) is 0 Å². The maximum atomic E-state index is 4.44. The van der Waals surface area contributed by atoms with Crippen LogP contribution in [-0.4, -0.2) is 19.3 Å². The molecule has 0 atom stereocenters. The molecule has 4 heteroatoms. The standard InChI is InChI=1S/C16H20N4/c1-16(2,3)15-12(9-18-20(15)5)11-6-7-13-14(8-11)19(4)10-17-13/h6-10H,1-5H3. The second-order valence-electron chi connectivity index (χ2n) is 6.34. The van der Waals surface area contributed by atoms with Crippen molar-refractivity contribution < 1.29 is 0 Å². The van der Waals surface area contributed by atoms with E-state index in [1.54, 1.807) is 0 Å². The summed E-state index contributed by atoms with van der Waals surface area (Å²) in [5.74, 6) is 0. The zero-order valence-corrected chi connectivity index (χ0v) is 12.7. The molecule has 0 aliphatic carbocycles. The topological polar surface area (TPSA) is 35.6 Å². The lowest BCUT2D eigenvalue weighted by molar-refractivity contribution is 0.524. The fourth-order valence-corrected chi connectivity index (χ4v) is 2.83. The maximum absolute atomic E-state index is 4.44. The molecular formula is C16H20N4. The van der Waals surface area contributed by atoms with Gasteiger partial charge >= 0.3 is 0 Å². The summed E-state index contributed by atoms with van der Waals surface area (Å²) in [4.78, 5) is 4.37. The van der Waals surface area contributed by atoms with Gasteiger partial charge in [-0.15, -0.1) is 0 Å². The van der Waals surface area contributed by atoms with Crippen molar-refractivity contribution >= 4 is 11.0 Å². The largest absolute Gasteiger partial charge is 0.334 e. The van der Waals surface area contributed by atoms with Gasteiger partial charge in [0.2, 0.25) is 0 Å². The average molecular weight is 268 g/mol. The highest BCUT2D eigenvalue weighted by atomic mass is 15.3. The molecular weight excluding hydrogens is 248 g/mol. The molecule has 0 spiro atoms. The van der Waals surface area contributed by atoms with Crippen molar-refractivity contribution in [1.82, 2.24) is 19.3 Å². The van der Waals surface area contributed by atoms with E-state index in [0.29, 0.717) is 0 Å². The Hall–Kier alpha value is -2.10. The first kappa shape index (κ1) is 12.9. The summed E-state index contributed by atoms with van der Waals surface area (Å²) < 4.78 is 4.02. The van der Waals surface area contributed by atoms with Crippen LogP contribution >= 0.6 is 0 Å². The predicted molar refractivity (Wildman–Crippen MR) is 81.6 cm³/mol. The number of aromatic nitrogens is 4. The van der Waals surface area contributed by atoms with Crippen LogP contribution in [-0.2, 0) is 19.5 Å². The van der Waals surface area contributed by atoms with E-state index in [1.165, 1.54) is 16.8 Å². The predicted octanol–water partition coefficient (Wildman–Crippen LogP) is 3.27. The number of nitrogens with zero attached hydrogens (tertiary/aromatic N) is 4. The summed E-state index contributed by atoms with van der Waals surface area (Å²) in [6.07, 6.45) is 3.81. The molecule has 0 unspecified atom stereocenters. The van der Waals surface area contributed by atoms with Gasteiger partial charge in [0.15, 0.2) is 0 Å². The lowest BCUT2D eigenvalue weighted by Gasteiger charge is -2.21. The normalized spacial score (nSPS) is 12.2. The van der Waals surface area contributed by atoms with E-state index in [1.807, 2.05) is 35.9 Å². The fraction of sp³-hybridized carbons (Fsp3) is 0.375. The fourth-order valence-electron chi connectivity index (χ4n) is 2.83. The highest BCUT2D eigenvalue weighted by Crippen LogP contribution is 2.33. The van der Waals surface area contributed by atoms with Crippen molar-refractivity contribution in [3.8, 4) is 11.1 Å². The molecule has 0 radical (unpaired) electrons. The minimum absolute atomic E-state index is 0.0575. The van der Waals surface area contributed by atoms with Crippen LogP contribution in [0.1, 0.15) is 26.5 Å². The van der Waals surface area contributed by atoms with Crippen LogP contribution in [0.3, 0.4) is 0 Å². The third kappa shape index (κ3) is 1.92. The van der Waals surface area contributed by atoms with Gasteiger partial charge in [0.25, 0.3) is 0 Å². The number of aryl methyl sites for hydroxylation is 2. The van der Waals surface area contributed by atoms with Crippen molar-refractivity contribution in [2.45, 2.75) is 26.2 Å². The highest BCUT2D eigenvalue weighted by Gasteiger charge is 2.23. The number of imidazole rings is 1. The molecule has 0 aliphatic heterocycles. The monoisotopic (exact) mass is 268 g/mol. The van der Waals surface area contributed by atoms with Gasteiger partial charge < -0.3 is 4.57 Å². The summed E-state index contributed by atoms with van der Waals surface area (Å²) >= 11 is 0. The SMILES string of the molecule is Cn1ncc(-c2ccc3ncn(C)c3c2)c1C(C)(C)C. The molecule has 104 valence electrons. The summed E-state index contributed by atoms with van der Waals surface area (Å²) in [6.45, 7) is 6.66. The molecule has 3 rings (SSSR count). The lowest BCUT2D eigenvalue weighted by atomic mass is 9.87. The molecule has 2 aromatic heterocycles. The van der Waals surface area contributed by atoms with Crippen molar-refractivity contribution in [2.75, 3.05) is 0 Å². The molecule has 3 aromatic rings. The second kappa shape index (κ2) is 4.20. The van der Waals surface area contributed by atoms with Gasteiger partial charge in [0, 0.05) is 25.1 Å². The van der Waals surface area contributed by atoms with Crippen molar-refractivity contribution in [3.05, 3.63) is 36.4 Å². The van der Waals surface area contributed by atoms with Crippen molar-refractivity contribution in [1.29, 1.82) is 0 Å². The molecule has 0 aliphatic rings. The Morgan fingerprint density at radius 2 is 1.85 bits per heavy atom. The molecule has 0 fully saturated rings. The molecule has 20 heavy (non-hydrogen) atoms. The molecule has 4 nitrogen and oxygen atoms in total. The number of fused-ring (bicyclic) bond motifs is 1. The van der Waals surface area contributed by atoms with Crippen LogP contribution in [0.4, 0.5) is 0 Å². The third-order valence-electron chi connectivity index (χ3n) is 3.69. The van der Waals surface area contributed by atoms with Crippen LogP contribution in [0.25, 0.3) is 22.2 Å². The summed E-state index contributed by atoms with van der Waals surface area (Å²) in [5, 5.41) is 4.44. The Bertz CT molecular complexity index is 771. The third-order valence-corrected chi connectivity index (χ3v) is 3.69. The van der Waals surface area contributed by atoms with Gasteiger partial charge in [0.05, 0.1) is 29.3 Å². The van der Waals surface area contributed by atoms with Gasteiger partial charge in [-0.25, -0.2) is 4.98 Å². The Morgan fingerprint density at radius 1 is 1.10 bits per heavy atom. The lowest BCUT2D eigenvalue weighted by Crippen LogP contribution is -2.17. The highest BCUT2D eigenvalue weighted by molar-refractivity contribution is 5.82. The quantitative estimate of drug-likeness (QED) is 0.679. The smallest absolute Gasteiger partial charge is 0.0955 e. The summed E-state index contributed by atoms with van der Waals surface area (Å²) in [6, 6.07) is 6.39. The van der Waals surface area contributed by atoms with Crippen LogP contribution in [0.5, 0.6) is 0 Å². The first-order valence-electron chi connectivity index (χ1n) is 6.82. The number of rotatable bonds is 1. The zero-order valence-electron chi connectivity index (χ0n) is 12.7. The van der Waals surface area contributed by atoms with Crippen LogP contribution in [0.15, 0.2) is 30.7 Å². The van der Waals surface area contributed by atoms with Crippen LogP contribution < -0.4 is 0 Å². The first-order chi connectivity index (χ1) is 9.38. The van der Waals surface area contributed by atoms with Crippen molar-refractivity contribution in [2.24, 2.45) is 14.1 Å². The first-order valence-corrected chi connectivity index (χ1v) is 6.82. The molecule has 0 amide bonds. The molecule has 0 bridgehead atoms. The molecule has 0 saturated carbocycles. The van der Waals surface area contributed by atoms with E-state index < -0.39 is 0 Å². The summed E-state index contributed by atoms with van der Waals surface area (Å²) in [5.41, 5.74) is 5.87. The van der Waals surface area contributed by atoms with Gasteiger partial charge in [-0.05, 0) is 17.7 Å². The molecule has 0 saturated heterocycles. The Morgan fingerprint density at radius 3 is 2.55 bits per heavy atom. The van der Waals surface area contributed by atoms with E-state index in [2.05, 4.69) is 49.1 Å². The maximum Gasteiger partial charge on any atom is 0.0955 e. The second-order valence-corrected chi connectivity index (χ2v) is 6.34. The summed E-state index contributed by atoms with van der Waals surface area (Å²) in [7, 11) is 4.03.